The lowest BCUT2D eigenvalue weighted by Crippen LogP contribution is -2.14. The molecule has 0 aliphatic rings. The minimum atomic E-state index is -0.747. The fraction of sp³-hybridized carbons (Fsp3) is 0.190. The van der Waals surface area contributed by atoms with Crippen molar-refractivity contribution in [3.8, 4) is 17.1 Å². The molecule has 0 radical (unpaired) electrons. The van der Waals surface area contributed by atoms with E-state index in [2.05, 4.69) is 21.9 Å². The van der Waals surface area contributed by atoms with Gasteiger partial charge in [-0.1, -0.05) is 24.3 Å². The minimum absolute atomic E-state index is 0.0125. The van der Waals surface area contributed by atoms with Crippen molar-refractivity contribution < 1.29 is 23.1 Å². The summed E-state index contributed by atoms with van der Waals surface area (Å²) in [5, 5.41) is 3.17. The van der Waals surface area contributed by atoms with Gasteiger partial charge in [-0.25, -0.2) is 19.2 Å². The average molecular weight is 432 g/mol. The summed E-state index contributed by atoms with van der Waals surface area (Å²) in [5.41, 5.74) is 0.288. The first-order valence-corrected chi connectivity index (χ1v) is 9.38. The molecule has 30 heavy (non-hydrogen) atoms. The predicted molar refractivity (Wildman–Crippen MR) is 111 cm³/mol. The van der Waals surface area contributed by atoms with Gasteiger partial charge in [0.15, 0.2) is 23.1 Å². The van der Waals surface area contributed by atoms with Crippen LogP contribution in [0.3, 0.4) is 0 Å². The molecule has 2 heterocycles. The summed E-state index contributed by atoms with van der Waals surface area (Å²) in [5.74, 6) is -0.710. The van der Waals surface area contributed by atoms with E-state index in [0.29, 0.717) is 11.3 Å². The number of benzene rings is 1. The van der Waals surface area contributed by atoms with E-state index < -0.39 is 11.8 Å². The Labute approximate surface area is 177 Å². The number of nitrogens with zero attached hydrogens (tertiary/aromatic N) is 2. The molecule has 0 aliphatic heterocycles. The standard InChI is InChI=1S/C21H19ClFN3O4/c1-4-13-17(21(27)29-5-2)25-20(14-8-9-15(22)18(28-3)16(14)23)26-19(13)24-11-12-7-6-10-30-12/h4,6-10H,1,5,11H2,2-3H3,(H,24,25,26). The number of carbonyl (C=O) groups is 1. The van der Waals surface area contributed by atoms with Crippen molar-refractivity contribution in [3.05, 3.63) is 65.0 Å². The quantitative estimate of drug-likeness (QED) is 0.504. The molecule has 1 aromatic carbocycles. The van der Waals surface area contributed by atoms with Gasteiger partial charge in [0, 0.05) is 5.56 Å². The van der Waals surface area contributed by atoms with Crippen molar-refractivity contribution in [3.63, 3.8) is 0 Å². The number of halogens is 2. The van der Waals surface area contributed by atoms with Crippen LogP contribution in [0.25, 0.3) is 17.5 Å². The molecule has 156 valence electrons. The number of ether oxygens (including phenoxy) is 2. The van der Waals surface area contributed by atoms with Crippen molar-refractivity contribution >= 4 is 29.5 Å². The molecule has 3 aromatic rings. The van der Waals surface area contributed by atoms with Crippen LogP contribution >= 0.6 is 11.6 Å². The molecule has 1 N–H and O–H groups in total. The smallest absolute Gasteiger partial charge is 0.357 e. The maximum atomic E-state index is 15.0. The second-order valence-electron chi connectivity index (χ2n) is 5.96. The van der Waals surface area contributed by atoms with Gasteiger partial charge in [0.05, 0.1) is 37.1 Å². The number of aromatic nitrogens is 2. The second kappa shape index (κ2) is 9.41. The van der Waals surface area contributed by atoms with Crippen LogP contribution in [0.5, 0.6) is 5.75 Å². The van der Waals surface area contributed by atoms with Crippen molar-refractivity contribution in [2.75, 3.05) is 19.0 Å². The van der Waals surface area contributed by atoms with Crippen molar-refractivity contribution in [2.24, 2.45) is 0 Å². The lowest BCUT2D eigenvalue weighted by Gasteiger charge is -2.14. The fourth-order valence-corrected chi connectivity index (χ4v) is 2.97. The number of anilines is 1. The van der Waals surface area contributed by atoms with Gasteiger partial charge in [0.1, 0.15) is 11.6 Å². The third-order valence-electron chi connectivity index (χ3n) is 4.12. The number of furan rings is 1. The van der Waals surface area contributed by atoms with Crippen molar-refractivity contribution in [2.45, 2.75) is 13.5 Å². The highest BCUT2D eigenvalue weighted by Crippen LogP contribution is 2.35. The fourth-order valence-electron chi connectivity index (χ4n) is 2.75. The number of carbonyl (C=O) groups excluding carboxylic acids is 1. The van der Waals surface area contributed by atoms with E-state index in [1.165, 1.54) is 31.6 Å². The topological polar surface area (TPSA) is 86.5 Å². The van der Waals surface area contributed by atoms with Gasteiger partial charge in [0.2, 0.25) is 0 Å². The Morgan fingerprint density at radius 1 is 1.37 bits per heavy atom. The van der Waals surface area contributed by atoms with Crippen molar-refractivity contribution in [1.82, 2.24) is 9.97 Å². The largest absolute Gasteiger partial charge is 0.492 e. The van der Waals surface area contributed by atoms with E-state index >= 15 is 0 Å². The molecule has 0 saturated heterocycles. The van der Waals surface area contributed by atoms with Gasteiger partial charge >= 0.3 is 5.97 Å². The third-order valence-corrected chi connectivity index (χ3v) is 4.42. The molecule has 0 unspecified atom stereocenters. The number of nitrogens with one attached hydrogen (secondary N) is 1. The van der Waals surface area contributed by atoms with Crippen LogP contribution < -0.4 is 10.1 Å². The van der Waals surface area contributed by atoms with E-state index in [9.17, 15) is 9.18 Å². The SMILES string of the molecule is C=Cc1c(NCc2ccco2)nc(-c2ccc(Cl)c(OC)c2F)nc1C(=O)OCC. The zero-order valence-electron chi connectivity index (χ0n) is 16.4. The maximum absolute atomic E-state index is 15.0. The normalized spacial score (nSPS) is 10.5. The van der Waals surface area contributed by atoms with Gasteiger partial charge in [0.25, 0.3) is 0 Å². The summed E-state index contributed by atoms with van der Waals surface area (Å²) >= 11 is 5.98. The predicted octanol–water partition coefficient (Wildman–Crippen LogP) is 4.97. The van der Waals surface area contributed by atoms with Gasteiger partial charge < -0.3 is 19.2 Å². The Bertz CT molecular complexity index is 1070. The molecular weight excluding hydrogens is 413 g/mol. The highest BCUT2D eigenvalue weighted by molar-refractivity contribution is 6.32. The summed E-state index contributed by atoms with van der Waals surface area (Å²) in [6.45, 7) is 5.83. The summed E-state index contributed by atoms with van der Waals surface area (Å²) < 4.78 is 30.4. The summed E-state index contributed by atoms with van der Waals surface area (Å²) in [6.07, 6.45) is 2.97. The lowest BCUT2D eigenvalue weighted by molar-refractivity contribution is 0.0519. The Morgan fingerprint density at radius 2 is 2.17 bits per heavy atom. The summed E-state index contributed by atoms with van der Waals surface area (Å²) in [6, 6.07) is 6.40. The molecule has 2 aromatic heterocycles. The van der Waals surface area contributed by atoms with Crippen LogP contribution in [0.15, 0.2) is 41.5 Å². The van der Waals surface area contributed by atoms with E-state index in [4.69, 9.17) is 25.5 Å². The van der Waals surface area contributed by atoms with E-state index in [1.54, 1.807) is 19.1 Å². The highest BCUT2D eigenvalue weighted by Gasteiger charge is 2.23. The Morgan fingerprint density at radius 3 is 2.80 bits per heavy atom. The number of rotatable bonds is 8. The number of esters is 1. The minimum Gasteiger partial charge on any atom is -0.492 e. The van der Waals surface area contributed by atoms with Gasteiger partial charge in [-0.05, 0) is 31.2 Å². The Balaban J connectivity index is 2.15. The lowest BCUT2D eigenvalue weighted by atomic mass is 10.1. The van der Waals surface area contributed by atoms with Crippen LogP contribution in [0, 0.1) is 5.82 Å². The van der Waals surface area contributed by atoms with Crippen LogP contribution in [0.1, 0.15) is 28.7 Å². The van der Waals surface area contributed by atoms with E-state index in [-0.39, 0.29) is 46.8 Å². The summed E-state index contributed by atoms with van der Waals surface area (Å²) in [4.78, 5) is 21.2. The monoisotopic (exact) mass is 431 g/mol. The molecule has 0 bridgehead atoms. The molecule has 3 rings (SSSR count). The third kappa shape index (κ3) is 4.28. The maximum Gasteiger partial charge on any atom is 0.357 e. The summed E-state index contributed by atoms with van der Waals surface area (Å²) in [7, 11) is 1.30. The van der Waals surface area contributed by atoms with Gasteiger partial charge in [-0.15, -0.1) is 0 Å². The van der Waals surface area contributed by atoms with E-state index in [1.807, 2.05) is 0 Å². The zero-order chi connectivity index (χ0) is 21.7. The Kier molecular flexibility index (Phi) is 6.68. The molecule has 0 fully saturated rings. The number of methoxy groups -OCH3 is 1. The van der Waals surface area contributed by atoms with E-state index in [0.717, 1.165) is 0 Å². The molecule has 0 spiro atoms. The Hall–Kier alpha value is -3.39. The number of hydrogen-bond donors (Lipinski definition) is 1. The first-order chi connectivity index (χ1) is 14.5. The molecule has 0 saturated carbocycles. The van der Waals surface area contributed by atoms with Gasteiger partial charge in [-0.3, -0.25) is 0 Å². The molecule has 0 aliphatic carbocycles. The molecule has 0 atom stereocenters. The highest BCUT2D eigenvalue weighted by atomic mass is 35.5. The molecule has 9 heteroatoms. The zero-order valence-corrected chi connectivity index (χ0v) is 17.1. The molecule has 0 amide bonds. The van der Waals surface area contributed by atoms with Crippen LogP contribution in [-0.2, 0) is 11.3 Å². The van der Waals surface area contributed by atoms with Gasteiger partial charge in [-0.2, -0.15) is 0 Å². The van der Waals surface area contributed by atoms with Crippen LogP contribution in [0.4, 0.5) is 10.2 Å². The van der Waals surface area contributed by atoms with Crippen molar-refractivity contribution in [1.29, 1.82) is 0 Å². The molecular formula is C21H19ClFN3O4. The first kappa shape index (κ1) is 21.3. The van der Waals surface area contributed by atoms with Crippen LogP contribution in [0.2, 0.25) is 5.02 Å². The molecule has 7 nitrogen and oxygen atoms in total. The number of hydrogen-bond acceptors (Lipinski definition) is 7. The second-order valence-corrected chi connectivity index (χ2v) is 6.36. The first-order valence-electron chi connectivity index (χ1n) is 9.00. The van der Waals surface area contributed by atoms with Crippen LogP contribution in [-0.4, -0.2) is 29.7 Å². The average Bonchev–Trinajstić information content (AvgIpc) is 3.26.